The van der Waals surface area contributed by atoms with Crippen LogP contribution in [-0.4, -0.2) is 5.60 Å². The molecule has 38 heavy (non-hydrogen) atoms. The summed E-state index contributed by atoms with van der Waals surface area (Å²) in [7, 11) is 0. The summed E-state index contributed by atoms with van der Waals surface area (Å²) in [6.07, 6.45) is 16.0. The van der Waals surface area contributed by atoms with Crippen molar-refractivity contribution in [1.82, 2.24) is 0 Å². The molecule has 2 aromatic carbocycles. The van der Waals surface area contributed by atoms with Crippen LogP contribution < -0.4 is 9.47 Å². The van der Waals surface area contributed by atoms with E-state index in [0.717, 1.165) is 42.6 Å². The maximum Gasteiger partial charge on any atom is 0.127 e. The van der Waals surface area contributed by atoms with Gasteiger partial charge in [0, 0.05) is 12.0 Å². The largest absolute Gasteiger partial charge is 0.488 e. The van der Waals surface area contributed by atoms with Crippen molar-refractivity contribution in [3.8, 4) is 11.5 Å². The molecule has 0 saturated carbocycles. The number of benzene rings is 2. The van der Waals surface area contributed by atoms with Crippen LogP contribution in [0.15, 0.2) is 42.5 Å². The van der Waals surface area contributed by atoms with Crippen LogP contribution >= 0.6 is 0 Å². The van der Waals surface area contributed by atoms with Gasteiger partial charge in [0.2, 0.25) is 0 Å². The number of fused-ring (bicyclic) bond motifs is 1. The van der Waals surface area contributed by atoms with Gasteiger partial charge in [-0.1, -0.05) is 102 Å². The summed E-state index contributed by atoms with van der Waals surface area (Å²) < 4.78 is 13.1. The van der Waals surface area contributed by atoms with Crippen molar-refractivity contribution in [2.24, 2.45) is 17.8 Å². The highest BCUT2D eigenvalue weighted by molar-refractivity contribution is 5.59. The van der Waals surface area contributed by atoms with E-state index in [0.29, 0.717) is 12.5 Å². The van der Waals surface area contributed by atoms with Gasteiger partial charge in [0.1, 0.15) is 23.7 Å². The van der Waals surface area contributed by atoms with Gasteiger partial charge in [-0.05, 0) is 87.0 Å². The normalized spacial score (nSPS) is 18.9. The highest BCUT2D eigenvalue weighted by atomic mass is 16.5. The molecule has 0 aromatic heterocycles. The SMILES string of the molecule is Cc1c(C)c2c(c(C)c1OCc1ccccc1)CC[C@](C)(C/C=C/C(C)CCC[C@H](C)CCCC(C)C)O2. The average Bonchev–Trinajstić information content (AvgIpc) is 2.87. The molecule has 0 radical (unpaired) electrons. The summed E-state index contributed by atoms with van der Waals surface area (Å²) >= 11 is 0. The quantitative estimate of drug-likeness (QED) is 0.232. The van der Waals surface area contributed by atoms with Crippen LogP contribution in [0.1, 0.15) is 114 Å². The summed E-state index contributed by atoms with van der Waals surface area (Å²) in [5.74, 6) is 4.45. The lowest BCUT2D eigenvalue weighted by Gasteiger charge is -2.38. The molecule has 0 aliphatic carbocycles. The third-order valence-electron chi connectivity index (χ3n) is 8.64. The van der Waals surface area contributed by atoms with Crippen LogP contribution in [0.25, 0.3) is 0 Å². The van der Waals surface area contributed by atoms with E-state index in [1.807, 2.05) is 6.07 Å². The molecule has 0 saturated heterocycles. The lowest BCUT2D eigenvalue weighted by molar-refractivity contribution is 0.0665. The van der Waals surface area contributed by atoms with E-state index in [2.05, 4.69) is 91.8 Å². The first kappa shape index (κ1) is 30.3. The van der Waals surface area contributed by atoms with Crippen molar-refractivity contribution < 1.29 is 9.47 Å². The van der Waals surface area contributed by atoms with E-state index < -0.39 is 0 Å². The molecule has 0 amide bonds. The first-order valence-electron chi connectivity index (χ1n) is 15.2. The van der Waals surface area contributed by atoms with Crippen molar-refractivity contribution in [1.29, 1.82) is 0 Å². The summed E-state index contributed by atoms with van der Waals surface area (Å²) in [5, 5.41) is 0. The maximum absolute atomic E-state index is 6.77. The van der Waals surface area contributed by atoms with Crippen LogP contribution in [-0.2, 0) is 13.0 Å². The second-order valence-corrected chi connectivity index (χ2v) is 12.8. The molecular formula is C36H54O2. The van der Waals surface area contributed by atoms with Gasteiger partial charge in [0.05, 0.1) is 0 Å². The Labute approximate surface area is 234 Å². The Bertz CT molecular complexity index is 1040. The maximum atomic E-state index is 6.77. The fraction of sp³-hybridized carbons (Fsp3) is 0.611. The standard InChI is InChI=1S/C36H54O2/c1-26(2)15-12-16-27(3)17-13-18-28(4)19-14-23-36(8)24-22-33-31(7)34(29(5)30(6)35(33)38-36)37-25-32-20-10-9-11-21-32/h9-11,14,19-21,26-28H,12-13,15-18,22-25H2,1-8H3/b19-14+/t27-,28?,36+/m1/s1. The van der Waals surface area contributed by atoms with Gasteiger partial charge in [-0.25, -0.2) is 0 Å². The van der Waals surface area contributed by atoms with Crippen LogP contribution in [0.3, 0.4) is 0 Å². The number of rotatable bonds is 14. The molecule has 2 nitrogen and oxygen atoms in total. The zero-order valence-corrected chi connectivity index (χ0v) is 25.7. The molecule has 1 unspecified atom stereocenters. The van der Waals surface area contributed by atoms with Crippen LogP contribution in [0.2, 0.25) is 0 Å². The van der Waals surface area contributed by atoms with Crippen molar-refractivity contribution in [3.63, 3.8) is 0 Å². The molecule has 3 atom stereocenters. The fourth-order valence-electron chi connectivity index (χ4n) is 5.82. The van der Waals surface area contributed by atoms with E-state index >= 15 is 0 Å². The smallest absolute Gasteiger partial charge is 0.127 e. The molecule has 2 aromatic rings. The van der Waals surface area contributed by atoms with E-state index in [4.69, 9.17) is 9.47 Å². The average molecular weight is 519 g/mol. The van der Waals surface area contributed by atoms with Crippen molar-refractivity contribution in [2.75, 3.05) is 0 Å². The third-order valence-corrected chi connectivity index (χ3v) is 8.64. The molecule has 1 aliphatic rings. The third kappa shape index (κ3) is 8.65. The van der Waals surface area contributed by atoms with Gasteiger partial charge < -0.3 is 9.47 Å². The molecule has 0 spiro atoms. The second kappa shape index (κ2) is 14.2. The highest BCUT2D eigenvalue weighted by Gasteiger charge is 2.34. The van der Waals surface area contributed by atoms with Crippen LogP contribution in [0.5, 0.6) is 11.5 Å². The monoisotopic (exact) mass is 518 g/mol. The lowest BCUT2D eigenvalue weighted by atomic mass is 9.85. The van der Waals surface area contributed by atoms with E-state index in [9.17, 15) is 0 Å². The Kier molecular flexibility index (Phi) is 11.4. The first-order valence-corrected chi connectivity index (χ1v) is 15.2. The number of ether oxygens (including phenoxy) is 2. The molecule has 1 heterocycles. The van der Waals surface area contributed by atoms with Crippen molar-refractivity contribution >= 4 is 0 Å². The molecule has 1 aliphatic heterocycles. The van der Waals surface area contributed by atoms with Crippen molar-refractivity contribution in [3.05, 3.63) is 70.3 Å². The van der Waals surface area contributed by atoms with Gasteiger partial charge in [-0.2, -0.15) is 0 Å². The van der Waals surface area contributed by atoms with E-state index in [1.165, 1.54) is 66.3 Å². The zero-order valence-electron chi connectivity index (χ0n) is 25.7. The molecular weight excluding hydrogens is 464 g/mol. The first-order chi connectivity index (χ1) is 18.1. The van der Waals surface area contributed by atoms with E-state index in [-0.39, 0.29) is 5.60 Å². The highest BCUT2D eigenvalue weighted by Crippen LogP contribution is 2.44. The molecule has 0 N–H and O–H groups in total. The predicted molar refractivity (Wildman–Crippen MR) is 163 cm³/mol. The Hall–Kier alpha value is -2.22. The summed E-state index contributed by atoms with van der Waals surface area (Å²) in [6.45, 7) is 18.9. The predicted octanol–water partition coefficient (Wildman–Crippen LogP) is 10.5. The molecule has 3 rings (SSSR count). The minimum Gasteiger partial charge on any atom is -0.488 e. The number of allylic oxidation sites excluding steroid dienone is 1. The Morgan fingerprint density at radius 1 is 0.895 bits per heavy atom. The van der Waals surface area contributed by atoms with Gasteiger partial charge >= 0.3 is 0 Å². The second-order valence-electron chi connectivity index (χ2n) is 12.8. The minimum absolute atomic E-state index is 0.149. The van der Waals surface area contributed by atoms with Gasteiger partial charge in [-0.3, -0.25) is 0 Å². The summed E-state index contributed by atoms with van der Waals surface area (Å²) in [5.41, 5.74) is 6.04. The zero-order chi connectivity index (χ0) is 27.7. The molecule has 210 valence electrons. The summed E-state index contributed by atoms with van der Waals surface area (Å²) in [6, 6.07) is 10.4. The Morgan fingerprint density at radius 3 is 2.26 bits per heavy atom. The van der Waals surface area contributed by atoms with Crippen LogP contribution in [0.4, 0.5) is 0 Å². The fourth-order valence-corrected chi connectivity index (χ4v) is 5.82. The topological polar surface area (TPSA) is 18.5 Å². The molecule has 0 bridgehead atoms. The molecule has 0 fully saturated rings. The van der Waals surface area contributed by atoms with Gasteiger partial charge in [0.25, 0.3) is 0 Å². The lowest BCUT2D eigenvalue weighted by Crippen LogP contribution is -2.36. The van der Waals surface area contributed by atoms with Crippen molar-refractivity contribution in [2.45, 2.75) is 125 Å². The Balaban J connectivity index is 1.53. The number of hydrogen-bond acceptors (Lipinski definition) is 2. The van der Waals surface area contributed by atoms with Gasteiger partial charge in [-0.15, -0.1) is 0 Å². The van der Waals surface area contributed by atoms with Crippen LogP contribution in [0, 0.1) is 38.5 Å². The Morgan fingerprint density at radius 2 is 1.58 bits per heavy atom. The number of hydrogen-bond donors (Lipinski definition) is 0. The molecule has 2 heteroatoms. The van der Waals surface area contributed by atoms with Gasteiger partial charge in [0.15, 0.2) is 0 Å². The van der Waals surface area contributed by atoms with E-state index in [1.54, 1.807) is 0 Å². The minimum atomic E-state index is -0.149. The summed E-state index contributed by atoms with van der Waals surface area (Å²) in [4.78, 5) is 0.